The van der Waals surface area contributed by atoms with Gasteiger partial charge in [0.05, 0.1) is 0 Å². The number of hydrogen-bond donors (Lipinski definition) is 0. The van der Waals surface area contributed by atoms with Gasteiger partial charge in [0.25, 0.3) is 0 Å². The van der Waals surface area contributed by atoms with Gasteiger partial charge < -0.3 is 8.85 Å². The summed E-state index contributed by atoms with van der Waals surface area (Å²) in [5, 5.41) is 0. The summed E-state index contributed by atoms with van der Waals surface area (Å²) in [6, 6.07) is 0. The SMILES string of the molecule is CO[SiH](C)OCCC(C)C. The second-order valence-electron chi connectivity index (χ2n) is 2.86. The van der Waals surface area contributed by atoms with E-state index >= 15 is 0 Å². The minimum absolute atomic E-state index is 0.734. The van der Waals surface area contributed by atoms with Crippen LogP contribution in [0.2, 0.25) is 6.55 Å². The molecule has 0 heterocycles. The van der Waals surface area contributed by atoms with Crippen molar-refractivity contribution in [2.45, 2.75) is 26.8 Å². The lowest BCUT2D eigenvalue weighted by molar-refractivity contribution is 0.221. The minimum atomic E-state index is -1.24. The van der Waals surface area contributed by atoms with Crippen LogP contribution in [-0.2, 0) is 8.85 Å². The zero-order valence-electron chi connectivity index (χ0n) is 7.39. The van der Waals surface area contributed by atoms with Gasteiger partial charge in [-0.15, -0.1) is 0 Å². The molecule has 0 radical (unpaired) electrons. The Morgan fingerprint density at radius 1 is 1.40 bits per heavy atom. The third-order valence-electron chi connectivity index (χ3n) is 1.38. The Kier molecular flexibility index (Phi) is 5.97. The van der Waals surface area contributed by atoms with Crippen LogP contribution in [0.4, 0.5) is 0 Å². The maximum atomic E-state index is 5.42. The molecular formula is C7H18O2Si. The van der Waals surface area contributed by atoms with Crippen molar-refractivity contribution in [1.29, 1.82) is 0 Å². The summed E-state index contributed by atoms with van der Waals surface area (Å²) in [6.07, 6.45) is 1.14. The Hall–Kier alpha value is 0.137. The maximum Gasteiger partial charge on any atom is 0.317 e. The van der Waals surface area contributed by atoms with Gasteiger partial charge in [0.1, 0.15) is 0 Å². The fraction of sp³-hybridized carbons (Fsp3) is 1.00. The molecule has 62 valence electrons. The van der Waals surface area contributed by atoms with Crippen molar-refractivity contribution < 1.29 is 8.85 Å². The molecule has 0 aromatic carbocycles. The zero-order chi connectivity index (χ0) is 7.98. The van der Waals surface area contributed by atoms with Gasteiger partial charge in [-0.2, -0.15) is 0 Å². The fourth-order valence-electron chi connectivity index (χ4n) is 0.538. The van der Waals surface area contributed by atoms with Crippen LogP contribution in [0.5, 0.6) is 0 Å². The van der Waals surface area contributed by atoms with E-state index < -0.39 is 9.28 Å². The Balaban J connectivity index is 3.03. The van der Waals surface area contributed by atoms with Crippen LogP contribution in [0, 0.1) is 5.92 Å². The van der Waals surface area contributed by atoms with Gasteiger partial charge in [0.15, 0.2) is 0 Å². The molecule has 1 unspecified atom stereocenters. The lowest BCUT2D eigenvalue weighted by atomic mass is 10.2. The van der Waals surface area contributed by atoms with Gasteiger partial charge in [-0.25, -0.2) is 0 Å². The molecule has 0 bridgehead atoms. The van der Waals surface area contributed by atoms with Gasteiger partial charge in [-0.05, 0) is 18.9 Å². The van der Waals surface area contributed by atoms with E-state index in [0.717, 1.165) is 18.9 Å². The summed E-state index contributed by atoms with van der Waals surface area (Å²) in [6.45, 7) is 7.30. The quantitative estimate of drug-likeness (QED) is 0.571. The summed E-state index contributed by atoms with van der Waals surface area (Å²) >= 11 is 0. The summed E-state index contributed by atoms with van der Waals surface area (Å²) in [7, 11) is 0.474. The molecule has 0 saturated carbocycles. The molecule has 2 nitrogen and oxygen atoms in total. The molecule has 0 spiro atoms. The molecule has 0 aliphatic heterocycles. The fourth-order valence-corrected chi connectivity index (χ4v) is 1.14. The summed E-state index contributed by atoms with van der Waals surface area (Å²) in [4.78, 5) is 0. The molecule has 0 N–H and O–H groups in total. The van der Waals surface area contributed by atoms with Crippen LogP contribution in [-0.4, -0.2) is 23.0 Å². The van der Waals surface area contributed by atoms with Crippen LogP contribution in [0.15, 0.2) is 0 Å². The van der Waals surface area contributed by atoms with Crippen molar-refractivity contribution in [3.05, 3.63) is 0 Å². The van der Waals surface area contributed by atoms with Crippen molar-refractivity contribution in [3.63, 3.8) is 0 Å². The molecule has 0 amide bonds. The molecule has 0 saturated heterocycles. The monoisotopic (exact) mass is 162 g/mol. The summed E-state index contributed by atoms with van der Waals surface area (Å²) in [5.41, 5.74) is 0. The van der Waals surface area contributed by atoms with E-state index in [0.29, 0.717) is 0 Å². The first-order chi connectivity index (χ1) is 4.66. The van der Waals surface area contributed by atoms with Crippen molar-refractivity contribution >= 4 is 9.28 Å². The second-order valence-corrected chi connectivity index (χ2v) is 4.80. The van der Waals surface area contributed by atoms with E-state index in [4.69, 9.17) is 8.85 Å². The average molecular weight is 162 g/mol. The van der Waals surface area contributed by atoms with Crippen LogP contribution in [0.1, 0.15) is 20.3 Å². The molecule has 3 heteroatoms. The second kappa shape index (κ2) is 5.89. The van der Waals surface area contributed by atoms with Crippen molar-refractivity contribution in [3.8, 4) is 0 Å². The van der Waals surface area contributed by atoms with Crippen LogP contribution >= 0.6 is 0 Å². The normalized spacial score (nSPS) is 14.1. The number of hydrogen-bond acceptors (Lipinski definition) is 2. The van der Waals surface area contributed by atoms with Crippen molar-refractivity contribution in [1.82, 2.24) is 0 Å². The molecule has 0 aromatic rings. The van der Waals surface area contributed by atoms with Crippen molar-refractivity contribution in [2.24, 2.45) is 5.92 Å². The first-order valence-corrected chi connectivity index (χ1v) is 5.91. The molecule has 0 aliphatic rings. The van der Waals surface area contributed by atoms with Gasteiger partial charge in [-0.1, -0.05) is 13.8 Å². The third kappa shape index (κ3) is 6.26. The highest BCUT2D eigenvalue weighted by Crippen LogP contribution is 1.99. The molecule has 0 aliphatic carbocycles. The highest BCUT2D eigenvalue weighted by Gasteiger charge is 2.01. The Morgan fingerprint density at radius 3 is 2.40 bits per heavy atom. The molecule has 10 heavy (non-hydrogen) atoms. The molecule has 0 rings (SSSR count). The molecule has 1 atom stereocenters. The summed E-state index contributed by atoms with van der Waals surface area (Å²) in [5.74, 6) is 0.734. The lowest BCUT2D eigenvalue weighted by Gasteiger charge is -2.09. The molecular weight excluding hydrogens is 144 g/mol. The maximum absolute atomic E-state index is 5.42. The predicted molar refractivity (Wildman–Crippen MR) is 45.4 cm³/mol. The van der Waals surface area contributed by atoms with Crippen LogP contribution in [0.3, 0.4) is 0 Å². The summed E-state index contributed by atoms with van der Waals surface area (Å²) < 4.78 is 10.5. The van der Waals surface area contributed by atoms with E-state index in [1.165, 1.54) is 0 Å². The average Bonchev–Trinajstić information content (AvgIpc) is 1.87. The first-order valence-electron chi connectivity index (χ1n) is 3.81. The van der Waals surface area contributed by atoms with Gasteiger partial charge in [-0.3, -0.25) is 0 Å². The van der Waals surface area contributed by atoms with E-state index in [1.807, 2.05) is 6.55 Å². The zero-order valence-corrected chi connectivity index (χ0v) is 8.54. The third-order valence-corrected chi connectivity index (χ3v) is 2.75. The van der Waals surface area contributed by atoms with E-state index in [2.05, 4.69) is 13.8 Å². The Labute approximate surface area is 65.4 Å². The minimum Gasteiger partial charge on any atom is -0.400 e. The molecule has 0 aromatic heterocycles. The highest BCUT2D eigenvalue weighted by molar-refractivity contribution is 6.42. The van der Waals surface area contributed by atoms with Crippen molar-refractivity contribution in [2.75, 3.05) is 13.7 Å². The van der Waals surface area contributed by atoms with E-state index in [1.54, 1.807) is 7.11 Å². The van der Waals surface area contributed by atoms with E-state index in [9.17, 15) is 0 Å². The van der Waals surface area contributed by atoms with Gasteiger partial charge in [0.2, 0.25) is 0 Å². The highest BCUT2D eigenvalue weighted by atomic mass is 28.3. The largest absolute Gasteiger partial charge is 0.400 e. The topological polar surface area (TPSA) is 18.5 Å². The van der Waals surface area contributed by atoms with Gasteiger partial charge >= 0.3 is 9.28 Å². The molecule has 0 fully saturated rings. The first kappa shape index (κ1) is 10.1. The van der Waals surface area contributed by atoms with Crippen LogP contribution < -0.4 is 0 Å². The Morgan fingerprint density at radius 2 is 2.00 bits per heavy atom. The Bertz CT molecular complexity index is 76.0. The smallest absolute Gasteiger partial charge is 0.317 e. The standard InChI is InChI=1S/C7H18O2Si/c1-7(2)5-6-9-10(4)8-3/h7,10H,5-6H2,1-4H3. The predicted octanol–water partition coefficient (Wildman–Crippen LogP) is 1.55. The number of rotatable bonds is 5. The van der Waals surface area contributed by atoms with Gasteiger partial charge in [0, 0.05) is 13.7 Å². The van der Waals surface area contributed by atoms with E-state index in [-0.39, 0.29) is 0 Å². The lowest BCUT2D eigenvalue weighted by Crippen LogP contribution is -2.17. The van der Waals surface area contributed by atoms with Crippen LogP contribution in [0.25, 0.3) is 0 Å².